The van der Waals surface area contributed by atoms with E-state index in [1.165, 1.54) is 31.3 Å². The molecule has 2 amide bonds. The highest BCUT2D eigenvalue weighted by Crippen LogP contribution is 2.29. The number of hydrogen-bond donors (Lipinski definition) is 1. The first-order valence-corrected chi connectivity index (χ1v) is 9.03. The Bertz CT molecular complexity index is 892. The standard InChI is InChI=1S/C19H18N2O2S/c22-18-17(24-19(23)20-18)11-14-7-4-8-16-15(14)9-10-21(16)12-13-5-2-1-3-6-13/h4-5,7-11H,1-3,6,12H2,(H,20,22,23)/b17-11-. The molecule has 2 aromatic rings. The fourth-order valence-electron chi connectivity index (χ4n) is 3.34. The second kappa shape index (κ2) is 6.32. The van der Waals surface area contributed by atoms with Crippen molar-refractivity contribution in [3.8, 4) is 0 Å². The fraction of sp³-hybridized carbons (Fsp3) is 0.263. The Labute approximate surface area is 144 Å². The van der Waals surface area contributed by atoms with E-state index in [-0.39, 0.29) is 11.1 Å². The summed E-state index contributed by atoms with van der Waals surface area (Å²) in [6, 6.07) is 8.17. The molecule has 5 heteroatoms. The van der Waals surface area contributed by atoms with E-state index in [9.17, 15) is 9.59 Å². The fourth-order valence-corrected chi connectivity index (χ4v) is 4.01. The van der Waals surface area contributed by atoms with Crippen LogP contribution in [-0.2, 0) is 11.3 Å². The lowest BCUT2D eigenvalue weighted by Crippen LogP contribution is -2.17. The average molecular weight is 338 g/mol. The van der Waals surface area contributed by atoms with Crippen molar-refractivity contribution in [2.45, 2.75) is 32.2 Å². The Morgan fingerprint density at radius 2 is 2.12 bits per heavy atom. The summed E-state index contributed by atoms with van der Waals surface area (Å²) >= 11 is 0.958. The number of rotatable bonds is 3. The van der Waals surface area contributed by atoms with Crippen LogP contribution in [0.1, 0.15) is 31.2 Å². The van der Waals surface area contributed by atoms with Gasteiger partial charge in [-0.05, 0) is 61.2 Å². The molecule has 0 radical (unpaired) electrons. The molecule has 0 bridgehead atoms. The zero-order valence-electron chi connectivity index (χ0n) is 13.2. The minimum Gasteiger partial charge on any atom is -0.343 e. The number of imide groups is 1. The summed E-state index contributed by atoms with van der Waals surface area (Å²) in [5.41, 5.74) is 3.63. The van der Waals surface area contributed by atoms with Crippen molar-refractivity contribution in [2.24, 2.45) is 0 Å². The molecule has 1 N–H and O–H groups in total. The smallest absolute Gasteiger partial charge is 0.290 e. The second-order valence-electron chi connectivity index (χ2n) is 6.18. The van der Waals surface area contributed by atoms with E-state index in [4.69, 9.17) is 0 Å². The summed E-state index contributed by atoms with van der Waals surface area (Å²) in [5, 5.41) is 3.10. The molecular weight excluding hydrogens is 320 g/mol. The largest absolute Gasteiger partial charge is 0.343 e. The Kier molecular flexibility index (Phi) is 4.02. The second-order valence-corrected chi connectivity index (χ2v) is 7.20. The molecule has 24 heavy (non-hydrogen) atoms. The molecule has 1 aliphatic carbocycles. The Hall–Kier alpha value is -2.27. The number of aromatic nitrogens is 1. The zero-order valence-corrected chi connectivity index (χ0v) is 14.1. The van der Waals surface area contributed by atoms with Gasteiger partial charge < -0.3 is 4.57 Å². The SMILES string of the molecule is O=C1NC(=O)/C(=C/c2cccc3c2ccn3CC2=CCCCC2)S1. The maximum atomic E-state index is 11.8. The molecule has 4 rings (SSSR count). The number of nitrogens with zero attached hydrogens (tertiary/aromatic N) is 1. The van der Waals surface area contributed by atoms with E-state index in [1.807, 2.05) is 12.1 Å². The number of benzene rings is 1. The third-order valence-corrected chi connectivity index (χ3v) is 5.35. The third-order valence-electron chi connectivity index (χ3n) is 4.53. The highest BCUT2D eigenvalue weighted by atomic mass is 32.2. The van der Waals surface area contributed by atoms with Crippen molar-refractivity contribution in [3.05, 3.63) is 52.6 Å². The van der Waals surface area contributed by atoms with Crippen molar-refractivity contribution in [1.29, 1.82) is 0 Å². The molecule has 4 nitrogen and oxygen atoms in total. The molecule has 0 spiro atoms. The molecule has 122 valence electrons. The number of allylic oxidation sites excluding steroid dienone is 2. The minimum atomic E-state index is -0.311. The van der Waals surface area contributed by atoms with Gasteiger partial charge in [0, 0.05) is 23.6 Å². The van der Waals surface area contributed by atoms with Crippen molar-refractivity contribution in [2.75, 3.05) is 0 Å². The van der Waals surface area contributed by atoms with E-state index in [1.54, 1.807) is 6.08 Å². The summed E-state index contributed by atoms with van der Waals surface area (Å²) < 4.78 is 2.27. The molecule has 1 saturated heterocycles. The molecule has 1 aliphatic heterocycles. The number of hydrogen-bond acceptors (Lipinski definition) is 3. The van der Waals surface area contributed by atoms with Gasteiger partial charge in [-0.1, -0.05) is 23.8 Å². The lowest BCUT2D eigenvalue weighted by Gasteiger charge is -2.14. The number of carbonyl (C=O) groups excluding carboxylic acids is 2. The predicted octanol–water partition coefficient (Wildman–Crippen LogP) is 4.47. The van der Waals surface area contributed by atoms with Crippen LogP contribution in [0.2, 0.25) is 0 Å². The van der Waals surface area contributed by atoms with Crippen molar-refractivity contribution < 1.29 is 9.59 Å². The van der Waals surface area contributed by atoms with Crippen LogP contribution in [0.4, 0.5) is 4.79 Å². The van der Waals surface area contributed by atoms with Gasteiger partial charge >= 0.3 is 0 Å². The predicted molar refractivity (Wildman–Crippen MR) is 97.6 cm³/mol. The topological polar surface area (TPSA) is 51.1 Å². The van der Waals surface area contributed by atoms with E-state index in [2.05, 4.69) is 34.3 Å². The van der Waals surface area contributed by atoms with E-state index in [0.717, 1.165) is 34.8 Å². The van der Waals surface area contributed by atoms with Gasteiger partial charge in [0.25, 0.3) is 11.1 Å². The van der Waals surface area contributed by atoms with Crippen LogP contribution in [0, 0.1) is 0 Å². The molecule has 0 saturated carbocycles. The third kappa shape index (κ3) is 2.91. The monoisotopic (exact) mass is 338 g/mol. The van der Waals surface area contributed by atoms with Crippen LogP contribution in [0.3, 0.4) is 0 Å². The molecule has 2 heterocycles. The van der Waals surface area contributed by atoms with Crippen LogP contribution in [-0.4, -0.2) is 15.7 Å². The molecule has 1 aromatic heterocycles. The Balaban J connectivity index is 1.69. The molecular formula is C19H18N2O2S. The van der Waals surface area contributed by atoms with E-state index >= 15 is 0 Å². The summed E-state index contributed by atoms with van der Waals surface area (Å²) in [6.07, 6.45) is 11.2. The summed E-state index contributed by atoms with van der Waals surface area (Å²) in [6.45, 7) is 0.928. The lowest BCUT2D eigenvalue weighted by atomic mass is 9.99. The van der Waals surface area contributed by atoms with Gasteiger partial charge in [-0.15, -0.1) is 0 Å². The van der Waals surface area contributed by atoms with Gasteiger partial charge in [-0.2, -0.15) is 0 Å². The molecule has 1 fully saturated rings. The van der Waals surface area contributed by atoms with Crippen LogP contribution in [0.25, 0.3) is 17.0 Å². The van der Waals surface area contributed by atoms with Gasteiger partial charge in [0.15, 0.2) is 0 Å². The van der Waals surface area contributed by atoms with Gasteiger partial charge in [0.2, 0.25) is 0 Å². The van der Waals surface area contributed by atoms with Gasteiger partial charge in [0.05, 0.1) is 4.91 Å². The van der Waals surface area contributed by atoms with Crippen molar-refractivity contribution >= 4 is 39.9 Å². The maximum Gasteiger partial charge on any atom is 0.290 e. The van der Waals surface area contributed by atoms with E-state index in [0.29, 0.717) is 4.91 Å². The maximum absolute atomic E-state index is 11.8. The minimum absolute atomic E-state index is 0.305. The average Bonchev–Trinajstić information content (AvgIpc) is 3.13. The highest BCUT2D eigenvalue weighted by Gasteiger charge is 2.25. The van der Waals surface area contributed by atoms with Crippen LogP contribution in [0.15, 0.2) is 47.0 Å². The number of fused-ring (bicyclic) bond motifs is 1. The summed E-state index contributed by atoms with van der Waals surface area (Å²) in [7, 11) is 0. The Morgan fingerprint density at radius 1 is 1.21 bits per heavy atom. The summed E-state index contributed by atoms with van der Waals surface area (Å²) in [4.78, 5) is 23.5. The molecule has 1 aromatic carbocycles. The zero-order chi connectivity index (χ0) is 16.5. The normalized spacial score (nSPS) is 19.8. The van der Waals surface area contributed by atoms with E-state index < -0.39 is 0 Å². The highest BCUT2D eigenvalue weighted by molar-refractivity contribution is 8.18. The van der Waals surface area contributed by atoms with Crippen molar-refractivity contribution in [1.82, 2.24) is 9.88 Å². The van der Waals surface area contributed by atoms with Gasteiger partial charge in [-0.3, -0.25) is 14.9 Å². The number of carbonyl (C=O) groups is 2. The first-order chi connectivity index (χ1) is 11.7. The van der Waals surface area contributed by atoms with Crippen LogP contribution in [0.5, 0.6) is 0 Å². The lowest BCUT2D eigenvalue weighted by molar-refractivity contribution is -0.115. The van der Waals surface area contributed by atoms with Gasteiger partial charge in [-0.25, -0.2) is 0 Å². The Morgan fingerprint density at radius 3 is 2.88 bits per heavy atom. The van der Waals surface area contributed by atoms with Crippen LogP contribution >= 0.6 is 11.8 Å². The number of nitrogens with one attached hydrogen (secondary N) is 1. The van der Waals surface area contributed by atoms with Crippen LogP contribution < -0.4 is 5.32 Å². The quantitative estimate of drug-likeness (QED) is 0.664. The summed E-state index contributed by atoms with van der Waals surface area (Å²) in [5.74, 6) is -0.311. The van der Waals surface area contributed by atoms with Gasteiger partial charge in [0.1, 0.15) is 0 Å². The number of amides is 2. The van der Waals surface area contributed by atoms with Crippen molar-refractivity contribution in [3.63, 3.8) is 0 Å². The first kappa shape index (κ1) is 15.3. The molecule has 0 atom stereocenters. The number of thioether (sulfide) groups is 1. The molecule has 0 unspecified atom stereocenters. The first-order valence-electron chi connectivity index (χ1n) is 8.21. The molecule has 2 aliphatic rings.